The molecule has 7 heteroatoms. The summed E-state index contributed by atoms with van der Waals surface area (Å²) in [5, 5.41) is 11.2. The van der Waals surface area contributed by atoms with E-state index >= 15 is 0 Å². The number of carbonyl (C=O) groups is 3. The molecule has 2 N–H and O–H groups in total. The highest BCUT2D eigenvalue weighted by atomic mass is 16.6. The van der Waals surface area contributed by atoms with Crippen molar-refractivity contribution in [3.63, 3.8) is 0 Å². The summed E-state index contributed by atoms with van der Waals surface area (Å²) < 4.78 is 9.81. The number of hydrogen-bond acceptors (Lipinski definition) is 5. The molecule has 0 aromatic heterocycles. The quantitative estimate of drug-likeness (QED) is 0.804. The van der Waals surface area contributed by atoms with Crippen LogP contribution in [0.2, 0.25) is 0 Å². The first-order chi connectivity index (χ1) is 10.6. The van der Waals surface area contributed by atoms with E-state index in [9.17, 15) is 14.4 Å². The normalized spacial score (nSPS) is 12.2. The van der Waals surface area contributed by atoms with E-state index < -0.39 is 29.7 Å². The van der Waals surface area contributed by atoms with Gasteiger partial charge in [0.2, 0.25) is 0 Å². The molecule has 0 heterocycles. The van der Waals surface area contributed by atoms with Crippen molar-refractivity contribution in [2.24, 2.45) is 0 Å². The molecule has 1 aromatic carbocycles. The molecule has 1 rings (SSSR count). The van der Waals surface area contributed by atoms with Crippen molar-refractivity contribution in [2.75, 3.05) is 7.11 Å². The molecule has 0 aliphatic heterocycles. The number of esters is 1. The summed E-state index contributed by atoms with van der Waals surface area (Å²) in [6.45, 7) is 5.13. The molecule has 0 unspecified atom stereocenters. The van der Waals surface area contributed by atoms with Crippen molar-refractivity contribution in [3.05, 3.63) is 35.4 Å². The number of ether oxygens (including phenoxy) is 2. The summed E-state index contributed by atoms with van der Waals surface area (Å²) >= 11 is 0. The number of nitrogens with one attached hydrogen (secondary N) is 1. The third-order valence-electron chi connectivity index (χ3n) is 2.77. The monoisotopic (exact) mass is 323 g/mol. The molecule has 126 valence electrons. The second kappa shape index (κ2) is 7.62. The maximum atomic E-state index is 11.9. The van der Waals surface area contributed by atoms with Gasteiger partial charge in [0.15, 0.2) is 6.04 Å². The second-order valence-electron chi connectivity index (χ2n) is 5.91. The number of carboxylic acids is 1. The lowest BCUT2D eigenvalue weighted by molar-refractivity contribution is -0.143. The summed E-state index contributed by atoms with van der Waals surface area (Å²) in [7, 11) is 1.21. The van der Waals surface area contributed by atoms with Gasteiger partial charge in [-0.15, -0.1) is 0 Å². The van der Waals surface area contributed by atoms with Gasteiger partial charge >= 0.3 is 18.0 Å². The van der Waals surface area contributed by atoms with Crippen LogP contribution in [0.15, 0.2) is 24.3 Å². The molecule has 0 aliphatic rings. The lowest BCUT2D eigenvalue weighted by atomic mass is 10.0. The predicted octanol–water partition coefficient (Wildman–Crippen LogP) is 2.05. The molecular weight excluding hydrogens is 302 g/mol. The highest BCUT2D eigenvalue weighted by Gasteiger charge is 2.26. The Morgan fingerprint density at radius 1 is 1.17 bits per heavy atom. The molecule has 0 saturated carbocycles. The van der Waals surface area contributed by atoms with Crippen molar-refractivity contribution in [2.45, 2.75) is 38.8 Å². The van der Waals surface area contributed by atoms with Crippen LogP contribution < -0.4 is 5.32 Å². The van der Waals surface area contributed by atoms with Gasteiger partial charge < -0.3 is 19.9 Å². The van der Waals surface area contributed by atoms with Gasteiger partial charge in [-0.25, -0.2) is 9.59 Å². The average Bonchev–Trinajstić information content (AvgIpc) is 2.42. The van der Waals surface area contributed by atoms with Crippen LogP contribution in [0.3, 0.4) is 0 Å². The minimum absolute atomic E-state index is 0.122. The molecule has 1 aromatic rings. The van der Waals surface area contributed by atoms with E-state index in [2.05, 4.69) is 10.1 Å². The van der Waals surface area contributed by atoms with Crippen molar-refractivity contribution in [3.8, 4) is 0 Å². The van der Waals surface area contributed by atoms with Crippen LogP contribution in [0, 0.1) is 0 Å². The van der Waals surface area contributed by atoms with Gasteiger partial charge in [-0.2, -0.15) is 0 Å². The maximum Gasteiger partial charge on any atom is 0.408 e. The Hall–Kier alpha value is -2.57. The average molecular weight is 323 g/mol. The van der Waals surface area contributed by atoms with Gasteiger partial charge in [-0.3, -0.25) is 4.79 Å². The van der Waals surface area contributed by atoms with Gasteiger partial charge in [0.1, 0.15) is 5.60 Å². The zero-order valence-electron chi connectivity index (χ0n) is 13.6. The van der Waals surface area contributed by atoms with Crippen LogP contribution in [-0.4, -0.2) is 35.8 Å². The number of alkyl carbamates (subject to hydrolysis) is 1. The molecule has 0 aliphatic carbocycles. The number of methoxy groups -OCH3 is 1. The van der Waals surface area contributed by atoms with Crippen LogP contribution in [0.1, 0.15) is 37.9 Å². The van der Waals surface area contributed by atoms with Gasteiger partial charge in [0.25, 0.3) is 0 Å². The SMILES string of the molecule is COC(=O)[C@H](NC(=O)OC(C)(C)C)c1ccc(CC(=O)O)cc1. The molecule has 0 spiro atoms. The van der Waals surface area contributed by atoms with Crippen LogP contribution in [0.5, 0.6) is 0 Å². The van der Waals surface area contributed by atoms with Crippen molar-refractivity contribution in [1.82, 2.24) is 5.32 Å². The minimum Gasteiger partial charge on any atom is -0.481 e. The lowest BCUT2D eigenvalue weighted by Gasteiger charge is -2.22. The van der Waals surface area contributed by atoms with Gasteiger partial charge in [-0.1, -0.05) is 24.3 Å². The Bertz CT molecular complexity index is 573. The maximum absolute atomic E-state index is 11.9. The first-order valence-corrected chi connectivity index (χ1v) is 7.00. The van der Waals surface area contributed by atoms with E-state index in [1.165, 1.54) is 7.11 Å². The third kappa shape index (κ3) is 6.37. The van der Waals surface area contributed by atoms with E-state index in [0.29, 0.717) is 11.1 Å². The summed E-state index contributed by atoms with van der Waals surface area (Å²) in [6, 6.07) is 5.26. The first kappa shape index (κ1) is 18.5. The Morgan fingerprint density at radius 2 is 1.74 bits per heavy atom. The molecular formula is C16H21NO6. The number of amides is 1. The molecule has 0 fully saturated rings. The fraction of sp³-hybridized carbons (Fsp3) is 0.438. The van der Waals surface area contributed by atoms with E-state index in [4.69, 9.17) is 9.84 Å². The number of hydrogen-bond donors (Lipinski definition) is 2. The largest absolute Gasteiger partial charge is 0.481 e. The molecule has 0 saturated heterocycles. The standard InChI is InChI=1S/C16H21NO6/c1-16(2,3)23-15(21)17-13(14(20)22-4)11-7-5-10(6-8-11)9-12(18)19/h5-8,13H,9H2,1-4H3,(H,17,21)(H,18,19)/t13-/m1/s1. The van der Waals surface area contributed by atoms with Crippen molar-refractivity contribution >= 4 is 18.0 Å². The minimum atomic E-state index is -1.03. The van der Waals surface area contributed by atoms with E-state index in [0.717, 1.165) is 0 Å². The molecule has 1 amide bonds. The Balaban J connectivity index is 2.92. The fourth-order valence-electron chi connectivity index (χ4n) is 1.82. The fourth-order valence-corrected chi connectivity index (χ4v) is 1.82. The molecule has 1 atom stereocenters. The van der Waals surface area contributed by atoms with Crippen molar-refractivity contribution < 1.29 is 29.0 Å². The van der Waals surface area contributed by atoms with Crippen molar-refractivity contribution in [1.29, 1.82) is 0 Å². The molecule has 7 nitrogen and oxygen atoms in total. The summed E-state index contributed by atoms with van der Waals surface area (Å²) in [5.41, 5.74) is 0.356. The Kier molecular flexibility index (Phi) is 6.12. The van der Waals surface area contributed by atoms with E-state index in [1.807, 2.05) is 0 Å². The van der Waals surface area contributed by atoms with Gasteiger partial charge in [0.05, 0.1) is 13.5 Å². The molecule has 0 bridgehead atoms. The number of rotatable bonds is 5. The smallest absolute Gasteiger partial charge is 0.408 e. The number of carbonyl (C=O) groups excluding carboxylic acids is 2. The summed E-state index contributed by atoms with van der Waals surface area (Å²) in [5.74, 6) is -1.60. The number of aliphatic carboxylic acids is 1. The van der Waals surface area contributed by atoms with Crippen LogP contribution in [0.4, 0.5) is 4.79 Å². The number of carboxylic acid groups (broad SMARTS) is 1. The Labute approximate surface area is 134 Å². The predicted molar refractivity (Wildman–Crippen MR) is 81.9 cm³/mol. The van der Waals surface area contributed by atoms with E-state index in [-0.39, 0.29) is 6.42 Å². The van der Waals surface area contributed by atoms with Gasteiger partial charge in [0, 0.05) is 0 Å². The molecule has 23 heavy (non-hydrogen) atoms. The zero-order chi connectivity index (χ0) is 17.6. The van der Waals surface area contributed by atoms with Gasteiger partial charge in [-0.05, 0) is 31.9 Å². The third-order valence-corrected chi connectivity index (χ3v) is 2.77. The first-order valence-electron chi connectivity index (χ1n) is 7.00. The second-order valence-corrected chi connectivity index (χ2v) is 5.91. The topological polar surface area (TPSA) is 102 Å². The van der Waals surface area contributed by atoms with Crippen LogP contribution in [0.25, 0.3) is 0 Å². The zero-order valence-corrected chi connectivity index (χ0v) is 13.6. The molecule has 0 radical (unpaired) electrons. The summed E-state index contributed by atoms with van der Waals surface area (Å²) in [6.07, 6.45) is -0.870. The number of benzene rings is 1. The highest BCUT2D eigenvalue weighted by molar-refractivity contribution is 5.82. The van der Waals surface area contributed by atoms with Crippen LogP contribution >= 0.6 is 0 Å². The van der Waals surface area contributed by atoms with E-state index in [1.54, 1.807) is 45.0 Å². The Morgan fingerprint density at radius 3 is 2.17 bits per heavy atom. The van der Waals surface area contributed by atoms with Crippen LogP contribution in [-0.2, 0) is 25.5 Å². The lowest BCUT2D eigenvalue weighted by Crippen LogP contribution is -2.38. The summed E-state index contributed by atoms with van der Waals surface area (Å²) in [4.78, 5) is 34.4. The highest BCUT2D eigenvalue weighted by Crippen LogP contribution is 2.17.